The van der Waals surface area contributed by atoms with Crippen LogP contribution >= 0.6 is 23.4 Å². The van der Waals surface area contributed by atoms with Crippen molar-refractivity contribution in [1.82, 2.24) is 0 Å². The van der Waals surface area contributed by atoms with Gasteiger partial charge in [0, 0.05) is 21.7 Å². The number of amides is 1. The van der Waals surface area contributed by atoms with Crippen LogP contribution in [0.25, 0.3) is 6.08 Å². The van der Waals surface area contributed by atoms with E-state index in [1.54, 1.807) is 30.0 Å². The fraction of sp³-hybridized carbons (Fsp3) is 0.0625. The standard InChI is InChI=1S/C16H14ClNOS/c1-20-15-9-7-14(8-10-15)18-16(19)11-4-12-2-5-13(17)6-3-12/h2-11H,1H3,(H,18,19)/b11-4+. The first-order valence-corrected chi connectivity index (χ1v) is 7.66. The summed E-state index contributed by atoms with van der Waals surface area (Å²) in [5.41, 5.74) is 1.72. The molecule has 0 aliphatic rings. The second kappa shape index (κ2) is 7.17. The van der Waals surface area contributed by atoms with Crippen molar-refractivity contribution in [3.63, 3.8) is 0 Å². The Kier molecular flexibility index (Phi) is 5.27. The lowest BCUT2D eigenvalue weighted by Gasteiger charge is -2.03. The number of nitrogens with one attached hydrogen (secondary N) is 1. The van der Waals surface area contributed by atoms with Crippen molar-refractivity contribution in [3.05, 3.63) is 65.2 Å². The first kappa shape index (κ1) is 14.7. The molecule has 0 bridgehead atoms. The van der Waals surface area contributed by atoms with Gasteiger partial charge in [0.1, 0.15) is 0 Å². The molecule has 0 saturated carbocycles. The maximum Gasteiger partial charge on any atom is 0.248 e. The minimum absolute atomic E-state index is 0.156. The Balaban J connectivity index is 1.96. The number of hydrogen-bond donors (Lipinski definition) is 1. The zero-order valence-electron chi connectivity index (χ0n) is 11.0. The molecule has 0 radical (unpaired) electrons. The van der Waals surface area contributed by atoms with E-state index >= 15 is 0 Å². The summed E-state index contributed by atoms with van der Waals surface area (Å²) >= 11 is 7.47. The van der Waals surface area contributed by atoms with Gasteiger partial charge in [-0.05, 0) is 54.3 Å². The van der Waals surface area contributed by atoms with Gasteiger partial charge in [0.2, 0.25) is 5.91 Å². The lowest BCUT2D eigenvalue weighted by molar-refractivity contribution is -0.111. The Hall–Kier alpha value is -1.71. The zero-order valence-corrected chi connectivity index (χ0v) is 12.5. The highest BCUT2D eigenvalue weighted by atomic mass is 35.5. The summed E-state index contributed by atoms with van der Waals surface area (Å²) in [5.74, 6) is -0.156. The molecule has 0 aromatic heterocycles. The van der Waals surface area contributed by atoms with Crippen LogP contribution in [-0.2, 0) is 4.79 Å². The second-order valence-corrected chi connectivity index (χ2v) is 5.42. The van der Waals surface area contributed by atoms with Crippen molar-refractivity contribution in [2.45, 2.75) is 4.90 Å². The molecule has 0 saturated heterocycles. The van der Waals surface area contributed by atoms with E-state index in [9.17, 15) is 4.79 Å². The normalized spacial score (nSPS) is 10.7. The zero-order chi connectivity index (χ0) is 14.4. The van der Waals surface area contributed by atoms with Crippen molar-refractivity contribution < 1.29 is 4.79 Å². The number of thioether (sulfide) groups is 1. The molecule has 0 fully saturated rings. The maximum absolute atomic E-state index is 11.8. The van der Waals surface area contributed by atoms with E-state index in [1.807, 2.05) is 42.7 Å². The molecule has 0 heterocycles. The highest BCUT2D eigenvalue weighted by Gasteiger charge is 1.98. The number of halogens is 1. The Morgan fingerprint density at radius 1 is 1.10 bits per heavy atom. The highest BCUT2D eigenvalue weighted by Crippen LogP contribution is 2.17. The van der Waals surface area contributed by atoms with Crippen LogP contribution in [-0.4, -0.2) is 12.2 Å². The molecule has 20 heavy (non-hydrogen) atoms. The molecule has 1 N–H and O–H groups in total. The fourth-order valence-electron chi connectivity index (χ4n) is 1.60. The summed E-state index contributed by atoms with van der Waals surface area (Å²) in [5, 5.41) is 3.49. The van der Waals surface area contributed by atoms with Gasteiger partial charge in [-0.25, -0.2) is 0 Å². The van der Waals surface area contributed by atoms with Gasteiger partial charge in [0.15, 0.2) is 0 Å². The molecule has 102 valence electrons. The monoisotopic (exact) mass is 303 g/mol. The van der Waals surface area contributed by atoms with Crippen LogP contribution in [0.5, 0.6) is 0 Å². The number of carbonyl (C=O) groups excluding carboxylic acids is 1. The molecule has 0 unspecified atom stereocenters. The molecule has 0 aliphatic carbocycles. The first-order chi connectivity index (χ1) is 9.67. The van der Waals surface area contributed by atoms with E-state index in [2.05, 4.69) is 5.32 Å². The summed E-state index contributed by atoms with van der Waals surface area (Å²) in [6, 6.07) is 15.0. The smallest absolute Gasteiger partial charge is 0.248 e. The Morgan fingerprint density at radius 2 is 1.75 bits per heavy atom. The maximum atomic E-state index is 11.8. The van der Waals surface area contributed by atoms with Gasteiger partial charge in [0.05, 0.1) is 0 Å². The SMILES string of the molecule is CSc1ccc(NC(=O)/C=C/c2ccc(Cl)cc2)cc1. The van der Waals surface area contributed by atoms with Gasteiger partial charge in [-0.3, -0.25) is 4.79 Å². The lowest BCUT2D eigenvalue weighted by Crippen LogP contribution is -2.07. The van der Waals surface area contributed by atoms with Crippen molar-refractivity contribution in [2.75, 3.05) is 11.6 Å². The molecule has 2 nitrogen and oxygen atoms in total. The van der Waals surface area contributed by atoms with E-state index in [4.69, 9.17) is 11.6 Å². The average molecular weight is 304 g/mol. The molecule has 0 atom stereocenters. The first-order valence-electron chi connectivity index (χ1n) is 6.06. The van der Waals surface area contributed by atoms with Crippen molar-refractivity contribution in [1.29, 1.82) is 0 Å². The van der Waals surface area contributed by atoms with E-state index in [0.29, 0.717) is 5.02 Å². The van der Waals surface area contributed by atoms with Gasteiger partial charge in [-0.2, -0.15) is 0 Å². The molecule has 2 aromatic carbocycles. The molecule has 2 rings (SSSR count). The number of benzene rings is 2. The van der Waals surface area contributed by atoms with Crippen LogP contribution in [0.1, 0.15) is 5.56 Å². The lowest BCUT2D eigenvalue weighted by atomic mass is 10.2. The van der Waals surface area contributed by atoms with E-state index in [-0.39, 0.29) is 5.91 Å². The van der Waals surface area contributed by atoms with Crippen LogP contribution in [0.2, 0.25) is 5.02 Å². The topological polar surface area (TPSA) is 29.1 Å². The predicted molar refractivity (Wildman–Crippen MR) is 87.3 cm³/mol. The van der Waals surface area contributed by atoms with Gasteiger partial charge < -0.3 is 5.32 Å². The number of anilines is 1. The van der Waals surface area contributed by atoms with E-state index in [0.717, 1.165) is 11.3 Å². The molecular formula is C16H14ClNOS. The molecule has 2 aromatic rings. The summed E-state index contributed by atoms with van der Waals surface area (Å²) in [7, 11) is 0. The quantitative estimate of drug-likeness (QED) is 0.654. The third-order valence-corrected chi connectivity index (χ3v) is 3.65. The predicted octanol–water partition coefficient (Wildman–Crippen LogP) is 4.71. The molecular weight excluding hydrogens is 290 g/mol. The summed E-state index contributed by atoms with van der Waals surface area (Å²) in [6.45, 7) is 0. The van der Waals surface area contributed by atoms with Crippen LogP contribution in [0, 0.1) is 0 Å². The van der Waals surface area contributed by atoms with Crippen LogP contribution in [0.4, 0.5) is 5.69 Å². The third-order valence-electron chi connectivity index (χ3n) is 2.65. The van der Waals surface area contributed by atoms with Crippen molar-refractivity contribution >= 4 is 41.0 Å². The Bertz CT molecular complexity index is 605. The molecule has 1 amide bonds. The number of rotatable bonds is 4. The van der Waals surface area contributed by atoms with Gasteiger partial charge in [-0.15, -0.1) is 11.8 Å². The number of hydrogen-bond acceptors (Lipinski definition) is 2. The average Bonchev–Trinajstić information content (AvgIpc) is 2.47. The van der Waals surface area contributed by atoms with Crippen LogP contribution in [0.15, 0.2) is 59.5 Å². The summed E-state index contributed by atoms with van der Waals surface area (Å²) in [4.78, 5) is 12.9. The van der Waals surface area contributed by atoms with Crippen molar-refractivity contribution in [3.8, 4) is 0 Å². The fourth-order valence-corrected chi connectivity index (χ4v) is 2.14. The molecule has 0 aliphatic heterocycles. The third kappa shape index (κ3) is 4.44. The Morgan fingerprint density at radius 3 is 2.35 bits per heavy atom. The van der Waals surface area contributed by atoms with Gasteiger partial charge >= 0.3 is 0 Å². The summed E-state index contributed by atoms with van der Waals surface area (Å²) in [6.07, 6.45) is 5.27. The Labute approximate surface area is 127 Å². The van der Waals surface area contributed by atoms with Crippen LogP contribution in [0.3, 0.4) is 0 Å². The largest absolute Gasteiger partial charge is 0.323 e. The summed E-state index contributed by atoms with van der Waals surface area (Å²) < 4.78 is 0. The van der Waals surface area contributed by atoms with E-state index in [1.165, 1.54) is 11.0 Å². The molecule has 4 heteroatoms. The molecule has 0 spiro atoms. The minimum Gasteiger partial charge on any atom is -0.323 e. The minimum atomic E-state index is -0.156. The number of carbonyl (C=O) groups is 1. The second-order valence-electron chi connectivity index (χ2n) is 4.10. The van der Waals surface area contributed by atoms with Gasteiger partial charge in [-0.1, -0.05) is 23.7 Å². The van der Waals surface area contributed by atoms with Crippen molar-refractivity contribution in [2.24, 2.45) is 0 Å². The van der Waals surface area contributed by atoms with Gasteiger partial charge in [0.25, 0.3) is 0 Å². The van der Waals surface area contributed by atoms with Crippen LogP contribution < -0.4 is 5.32 Å². The van der Waals surface area contributed by atoms with E-state index < -0.39 is 0 Å². The highest BCUT2D eigenvalue weighted by molar-refractivity contribution is 7.98.